The van der Waals surface area contributed by atoms with Crippen LogP contribution in [0.15, 0.2) is 52.0 Å². The van der Waals surface area contributed by atoms with Crippen molar-refractivity contribution in [1.29, 1.82) is 0 Å². The molecule has 2 atom stereocenters. The van der Waals surface area contributed by atoms with Gasteiger partial charge in [-0.25, -0.2) is 16.3 Å². The number of rotatable bonds is 4. The Bertz CT molecular complexity index is 815. The lowest BCUT2D eigenvalue weighted by Gasteiger charge is -2.10. The van der Waals surface area contributed by atoms with Crippen LogP contribution in [0.2, 0.25) is 10.0 Å². The van der Waals surface area contributed by atoms with E-state index in [2.05, 4.69) is 37.3 Å². The fraction of sp³-hybridized carbons (Fsp3) is 0.176. The van der Waals surface area contributed by atoms with Crippen molar-refractivity contribution in [3.63, 3.8) is 0 Å². The molecule has 5 nitrogen and oxygen atoms in total. The van der Waals surface area contributed by atoms with E-state index in [1.165, 1.54) is 0 Å². The van der Waals surface area contributed by atoms with Crippen LogP contribution < -0.4 is 16.3 Å². The van der Waals surface area contributed by atoms with Gasteiger partial charge in [-0.1, -0.05) is 57.3 Å². The quantitative estimate of drug-likeness (QED) is 0.499. The molecule has 1 amide bonds. The van der Waals surface area contributed by atoms with Gasteiger partial charge in [0.25, 0.3) is 5.91 Å². The third kappa shape index (κ3) is 4.80. The molecule has 2 unspecified atom stereocenters. The molecule has 0 spiro atoms. The highest BCUT2D eigenvalue weighted by molar-refractivity contribution is 9.10. The summed E-state index contributed by atoms with van der Waals surface area (Å²) in [6.07, 6.45) is 2.18. The molecule has 25 heavy (non-hydrogen) atoms. The van der Waals surface area contributed by atoms with Gasteiger partial charge in [0, 0.05) is 10.5 Å². The Morgan fingerprint density at radius 1 is 1.20 bits per heavy atom. The zero-order chi connectivity index (χ0) is 17.8. The summed E-state index contributed by atoms with van der Waals surface area (Å²) in [5, 5.41) is 5.00. The second-order valence-electron chi connectivity index (χ2n) is 5.59. The van der Waals surface area contributed by atoms with Crippen molar-refractivity contribution < 1.29 is 4.79 Å². The number of hydrogen-bond acceptors (Lipinski definition) is 4. The number of carbonyl (C=O) groups excluding carboxylic acids is 1. The van der Waals surface area contributed by atoms with Crippen LogP contribution in [0.4, 0.5) is 0 Å². The number of hydrazine groups is 1. The average Bonchev–Trinajstić information content (AvgIpc) is 3.07. The van der Waals surface area contributed by atoms with Crippen LogP contribution >= 0.6 is 39.1 Å². The molecule has 1 saturated heterocycles. The standard InChI is InChI=1S/C17H15BrCl2N4O/c18-12-3-1-2-10(6-12)9-21-24-17(25)16-8-15(22-23-16)11-4-5-13(19)14(20)7-11/h1-7,9,15-16,22-23H,8H2,(H,24,25)/b21-9-. The summed E-state index contributed by atoms with van der Waals surface area (Å²) in [5.74, 6) is -0.207. The van der Waals surface area contributed by atoms with Gasteiger partial charge in [0.2, 0.25) is 0 Å². The van der Waals surface area contributed by atoms with Crippen LogP contribution in [-0.4, -0.2) is 18.2 Å². The minimum atomic E-state index is -0.390. The Balaban J connectivity index is 1.56. The van der Waals surface area contributed by atoms with E-state index < -0.39 is 0 Å². The van der Waals surface area contributed by atoms with Crippen LogP contribution in [0.1, 0.15) is 23.6 Å². The van der Waals surface area contributed by atoms with Crippen molar-refractivity contribution in [2.45, 2.75) is 18.5 Å². The van der Waals surface area contributed by atoms with E-state index in [4.69, 9.17) is 23.2 Å². The third-order valence-electron chi connectivity index (χ3n) is 3.80. The maximum Gasteiger partial charge on any atom is 0.258 e. The van der Waals surface area contributed by atoms with Crippen LogP contribution in [0, 0.1) is 0 Å². The van der Waals surface area contributed by atoms with Crippen molar-refractivity contribution >= 4 is 51.3 Å². The first-order valence-corrected chi connectivity index (χ1v) is 9.12. The van der Waals surface area contributed by atoms with Gasteiger partial charge in [-0.05, 0) is 41.8 Å². The predicted molar refractivity (Wildman–Crippen MR) is 104 cm³/mol. The number of nitrogens with zero attached hydrogens (tertiary/aromatic N) is 1. The Hall–Kier alpha value is -1.44. The van der Waals surface area contributed by atoms with E-state index in [1.54, 1.807) is 18.3 Å². The number of nitrogens with one attached hydrogen (secondary N) is 3. The summed E-state index contributed by atoms with van der Waals surface area (Å²) in [7, 11) is 0. The molecule has 8 heteroatoms. The molecule has 3 N–H and O–H groups in total. The summed E-state index contributed by atoms with van der Waals surface area (Å²) >= 11 is 15.4. The number of amides is 1. The Labute approximate surface area is 163 Å². The fourth-order valence-electron chi connectivity index (χ4n) is 2.51. The SMILES string of the molecule is O=C(N/N=C\c1cccc(Br)c1)C1CC(c2ccc(Cl)c(Cl)c2)NN1. The minimum Gasteiger partial charge on any atom is -0.271 e. The zero-order valence-corrected chi connectivity index (χ0v) is 16.1. The second kappa shape index (κ2) is 8.29. The average molecular weight is 442 g/mol. The highest BCUT2D eigenvalue weighted by Crippen LogP contribution is 2.28. The zero-order valence-electron chi connectivity index (χ0n) is 13.0. The predicted octanol–water partition coefficient (Wildman–Crippen LogP) is 3.81. The molecule has 0 radical (unpaired) electrons. The normalized spacial score (nSPS) is 20.1. The van der Waals surface area contributed by atoms with Gasteiger partial charge in [-0.2, -0.15) is 5.10 Å². The number of hydrogen-bond donors (Lipinski definition) is 3. The van der Waals surface area contributed by atoms with Crippen molar-refractivity contribution in [3.8, 4) is 0 Å². The van der Waals surface area contributed by atoms with E-state index in [1.807, 2.05) is 30.3 Å². The molecule has 3 rings (SSSR count). The molecule has 1 heterocycles. The Morgan fingerprint density at radius 2 is 2.04 bits per heavy atom. The topological polar surface area (TPSA) is 65.5 Å². The molecule has 130 valence electrons. The van der Waals surface area contributed by atoms with Crippen LogP contribution in [0.5, 0.6) is 0 Å². The van der Waals surface area contributed by atoms with Gasteiger partial charge in [0.15, 0.2) is 0 Å². The first kappa shape index (κ1) is 18.4. The third-order valence-corrected chi connectivity index (χ3v) is 5.04. The van der Waals surface area contributed by atoms with Crippen LogP contribution in [0.25, 0.3) is 0 Å². The molecule has 0 aromatic heterocycles. The van der Waals surface area contributed by atoms with Crippen LogP contribution in [-0.2, 0) is 4.79 Å². The maximum absolute atomic E-state index is 12.2. The van der Waals surface area contributed by atoms with Crippen molar-refractivity contribution in [2.75, 3.05) is 0 Å². The molecule has 2 aromatic rings. The summed E-state index contributed by atoms with van der Waals surface area (Å²) < 4.78 is 0.953. The van der Waals surface area contributed by atoms with Gasteiger partial charge in [0.05, 0.1) is 16.3 Å². The van der Waals surface area contributed by atoms with Crippen molar-refractivity contribution in [2.24, 2.45) is 5.10 Å². The highest BCUT2D eigenvalue weighted by atomic mass is 79.9. The molecular weight excluding hydrogens is 427 g/mol. The summed E-state index contributed by atoms with van der Waals surface area (Å²) in [6.45, 7) is 0. The molecule has 0 aliphatic carbocycles. The molecule has 0 saturated carbocycles. The number of halogens is 3. The summed E-state index contributed by atoms with van der Waals surface area (Å²) in [6, 6.07) is 12.6. The monoisotopic (exact) mass is 440 g/mol. The molecule has 1 fully saturated rings. The number of carbonyl (C=O) groups is 1. The smallest absolute Gasteiger partial charge is 0.258 e. The first-order valence-electron chi connectivity index (χ1n) is 7.57. The molecule has 1 aliphatic heterocycles. The van der Waals surface area contributed by atoms with E-state index >= 15 is 0 Å². The number of benzene rings is 2. The largest absolute Gasteiger partial charge is 0.271 e. The lowest BCUT2D eigenvalue weighted by molar-refractivity contribution is -0.122. The molecular formula is C17H15BrCl2N4O. The van der Waals surface area contributed by atoms with Gasteiger partial charge in [-0.15, -0.1) is 0 Å². The van der Waals surface area contributed by atoms with E-state index in [0.29, 0.717) is 16.5 Å². The van der Waals surface area contributed by atoms with Gasteiger partial charge >= 0.3 is 0 Å². The van der Waals surface area contributed by atoms with Gasteiger partial charge in [-0.3, -0.25) is 4.79 Å². The lowest BCUT2D eigenvalue weighted by Crippen LogP contribution is -2.41. The highest BCUT2D eigenvalue weighted by Gasteiger charge is 2.30. The van der Waals surface area contributed by atoms with E-state index in [9.17, 15) is 4.79 Å². The summed E-state index contributed by atoms with van der Waals surface area (Å²) in [4.78, 5) is 12.2. The molecule has 2 aromatic carbocycles. The van der Waals surface area contributed by atoms with Crippen molar-refractivity contribution in [3.05, 3.63) is 68.1 Å². The molecule has 0 bridgehead atoms. The molecule has 1 aliphatic rings. The first-order chi connectivity index (χ1) is 12.0. The number of hydrazone groups is 1. The minimum absolute atomic E-state index is 0.0282. The Kier molecular flexibility index (Phi) is 6.09. The summed E-state index contributed by atoms with van der Waals surface area (Å²) in [5.41, 5.74) is 10.5. The second-order valence-corrected chi connectivity index (χ2v) is 7.32. The lowest BCUT2D eigenvalue weighted by atomic mass is 10.0. The van der Waals surface area contributed by atoms with Gasteiger partial charge < -0.3 is 0 Å². The van der Waals surface area contributed by atoms with E-state index in [0.717, 1.165) is 15.6 Å². The van der Waals surface area contributed by atoms with Gasteiger partial charge in [0.1, 0.15) is 6.04 Å². The van der Waals surface area contributed by atoms with Crippen LogP contribution in [0.3, 0.4) is 0 Å². The fourth-order valence-corrected chi connectivity index (χ4v) is 3.23. The Morgan fingerprint density at radius 3 is 2.80 bits per heavy atom. The van der Waals surface area contributed by atoms with E-state index in [-0.39, 0.29) is 18.0 Å². The maximum atomic E-state index is 12.2. The van der Waals surface area contributed by atoms with Crippen molar-refractivity contribution in [1.82, 2.24) is 16.3 Å².